The second kappa shape index (κ2) is 7.80. The van der Waals surface area contributed by atoms with Gasteiger partial charge in [-0.15, -0.1) is 11.3 Å². The van der Waals surface area contributed by atoms with E-state index < -0.39 is 5.91 Å². The minimum absolute atomic E-state index is 0.147. The minimum Gasteiger partial charge on any atom is -0.461 e. The van der Waals surface area contributed by atoms with Crippen molar-refractivity contribution < 1.29 is 18.3 Å². The number of nitrogens with one attached hydrogen (secondary N) is 1. The number of hydrogen-bond donors (Lipinski definition) is 1. The molecule has 8 nitrogen and oxygen atoms in total. The van der Waals surface area contributed by atoms with Crippen LogP contribution < -0.4 is 5.32 Å². The highest BCUT2D eigenvalue weighted by Gasteiger charge is 2.17. The quantitative estimate of drug-likeness (QED) is 0.418. The van der Waals surface area contributed by atoms with Crippen molar-refractivity contribution in [2.24, 2.45) is 0 Å². The Morgan fingerprint density at radius 3 is 2.77 bits per heavy atom. The van der Waals surface area contributed by atoms with Gasteiger partial charge in [0.25, 0.3) is 5.91 Å². The molecule has 1 aromatic carbocycles. The van der Waals surface area contributed by atoms with Crippen LogP contribution in [0.4, 0.5) is 5.69 Å². The van der Waals surface area contributed by atoms with Gasteiger partial charge in [0.1, 0.15) is 0 Å². The van der Waals surface area contributed by atoms with Gasteiger partial charge in [0, 0.05) is 11.8 Å². The van der Waals surface area contributed by atoms with Gasteiger partial charge in [-0.3, -0.25) is 4.79 Å². The first-order valence-corrected chi connectivity index (χ1v) is 9.90. The number of hydrogen-bond acceptors (Lipinski definition) is 8. The van der Waals surface area contributed by atoms with Crippen LogP contribution >= 0.6 is 11.3 Å². The van der Waals surface area contributed by atoms with Gasteiger partial charge in [0.15, 0.2) is 11.5 Å². The average Bonchev–Trinajstić information content (AvgIpc) is 3.56. The molecular formula is C21H14N4O4S. The number of aromatic nitrogens is 3. The molecule has 148 valence electrons. The van der Waals surface area contributed by atoms with Crippen molar-refractivity contribution in [2.75, 3.05) is 5.32 Å². The Morgan fingerprint density at radius 2 is 1.93 bits per heavy atom. The summed E-state index contributed by atoms with van der Waals surface area (Å²) in [6, 6.07) is 16.3. The number of anilines is 1. The zero-order valence-electron chi connectivity index (χ0n) is 15.4. The molecule has 0 atom stereocenters. The van der Waals surface area contributed by atoms with E-state index in [0.717, 1.165) is 10.4 Å². The van der Waals surface area contributed by atoms with Crippen molar-refractivity contribution in [3.05, 3.63) is 83.4 Å². The summed E-state index contributed by atoms with van der Waals surface area (Å²) in [5.74, 6) is 1.50. The fourth-order valence-electron chi connectivity index (χ4n) is 2.90. The van der Waals surface area contributed by atoms with E-state index in [2.05, 4.69) is 20.6 Å². The van der Waals surface area contributed by atoms with Crippen LogP contribution in [-0.2, 0) is 6.42 Å². The molecular weight excluding hydrogens is 404 g/mol. The van der Waals surface area contributed by atoms with Crippen molar-refractivity contribution in [2.45, 2.75) is 6.42 Å². The van der Waals surface area contributed by atoms with E-state index in [1.807, 2.05) is 35.7 Å². The van der Waals surface area contributed by atoms with Gasteiger partial charge in [-0.05, 0) is 35.2 Å². The summed E-state index contributed by atoms with van der Waals surface area (Å²) in [4.78, 5) is 18.0. The first-order valence-electron chi connectivity index (χ1n) is 9.02. The predicted octanol–water partition coefficient (Wildman–Crippen LogP) is 4.89. The molecule has 4 aromatic heterocycles. The molecule has 0 saturated carbocycles. The maximum Gasteiger partial charge on any atom is 0.277 e. The molecule has 5 aromatic rings. The van der Waals surface area contributed by atoms with Crippen LogP contribution in [-0.4, -0.2) is 21.2 Å². The smallest absolute Gasteiger partial charge is 0.277 e. The van der Waals surface area contributed by atoms with Crippen LogP contribution in [0.1, 0.15) is 21.9 Å². The number of furan rings is 1. The summed E-state index contributed by atoms with van der Waals surface area (Å²) in [5.41, 5.74) is 1.61. The van der Waals surface area contributed by atoms with E-state index in [0.29, 0.717) is 35.3 Å². The Balaban J connectivity index is 1.33. The highest BCUT2D eigenvalue weighted by molar-refractivity contribution is 7.13. The first kappa shape index (κ1) is 18.1. The van der Waals surface area contributed by atoms with Crippen LogP contribution in [0.15, 0.2) is 79.7 Å². The molecule has 0 radical (unpaired) electrons. The molecule has 0 unspecified atom stereocenters. The largest absolute Gasteiger partial charge is 0.461 e. The first-order chi connectivity index (χ1) is 14.8. The number of rotatable bonds is 6. The lowest BCUT2D eigenvalue weighted by molar-refractivity contribution is 0.101. The van der Waals surface area contributed by atoms with Gasteiger partial charge in [0.05, 0.1) is 17.6 Å². The molecule has 30 heavy (non-hydrogen) atoms. The molecule has 4 heterocycles. The molecule has 0 aliphatic rings. The number of carbonyl (C=O) groups is 1. The number of carbonyl (C=O) groups excluding carboxylic acids is 1. The zero-order chi connectivity index (χ0) is 20.3. The monoisotopic (exact) mass is 418 g/mol. The van der Waals surface area contributed by atoms with Crippen LogP contribution in [0.2, 0.25) is 0 Å². The summed E-state index contributed by atoms with van der Waals surface area (Å²) >= 11 is 1.54. The van der Waals surface area contributed by atoms with Gasteiger partial charge in [-0.1, -0.05) is 34.6 Å². The van der Waals surface area contributed by atoms with E-state index in [1.54, 1.807) is 29.5 Å². The molecule has 0 bridgehead atoms. The van der Waals surface area contributed by atoms with E-state index >= 15 is 0 Å². The molecule has 0 aliphatic heterocycles. The van der Waals surface area contributed by atoms with E-state index in [-0.39, 0.29) is 5.69 Å². The highest BCUT2D eigenvalue weighted by Crippen LogP contribution is 2.25. The summed E-state index contributed by atoms with van der Waals surface area (Å²) in [7, 11) is 0. The van der Waals surface area contributed by atoms with Crippen molar-refractivity contribution in [1.29, 1.82) is 0 Å². The third-order valence-corrected chi connectivity index (χ3v) is 5.19. The molecule has 9 heteroatoms. The van der Waals surface area contributed by atoms with E-state index in [9.17, 15) is 4.79 Å². The third kappa shape index (κ3) is 3.65. The summed E-state index contributed by atoms with van der Waals surface area (Å²) < 4.78 is 15.8. The van der Waals surface area contributed by atoms with Crippen LogP contribution in [0.5, 0.6) is 0 Å². The second-order valence-electron chi connectivity index (χ2n) is 6.33. The summed E-state index contributed by atoms with van der Waals surface area (Å²) in [5, 5.41) is 12.7. The minimum atomic E-state index is -0.395. The number of benzene rings is 1. The lowest BCUT2D eigenvalue weighted by Gasteiger charge is -2.08. The number of nitrogens with zero attached hydrogens (tertiary/aromatic N) is 3. The Kier molecular flexibility index (Phi) is 4.70. The Hall–Kier alpha value is -3.98. The molecule has 5 rings (SSSR count). The SMILES string of the molecule is O=C(Nc1ccccc1Cc1nc(-c2cccs2)no1)c1cc(-c2ccco2)on1. The molecule has 1 N–H and O–H groups in total. The van der Waals surface area contributed by atoms with E-state index in [1.165, 1.54) is 12.3 Å². The van der Waals surface area contributed by atoms with Gasteiger partial charge >= 0.3 is 0 Å². The zero-order valence-corrected chi connectivity index (χ0v) is 16.3. The number of para-hydroxylation sites is 1. The van der Waals surface area contributed by atoms with Crippen LogP contribution in [0.25, 0.3) is 22.2 Å². The van der Waals surface area contributed by atoms with Crippen LogP contribution in [0.3, 0.4) is 0 Å². The Labute approximate surface area is 174 Å². The van der Waals surface area contributed by atoms with Crippen molar-refractivity contribution in [3.8, 4) is 22.2 Å². The number of amides is 1. The van der Waals surface area contributed by atoms with Gasteiger partial charge < -0.3 is 18.8 Å². The standard InChI is InChI=1S/C21H14N4O4S/c26-21(15-12-17(28-24-15)16-7-3-9-27-16)22-14-6-2-1-5-13(14)11-19-23-20(25-29-19)18-8-4-10-30-18/h1-10,12H,11H2,(H,22,26). The molecule has 0 aliphatic carbocycles. The third-order valence-electron chi connectivity index (χ3n) is 4.32. The van der Waals surface area contributed by atoms with Crippen molar-refractivity contribution >= 4 is 22.9 Å². The topological polar surface area (TPSA) is 107 Å². The van der Waals surface area contributed by atoms with Crippen molar-refractivity contribution in [3.63, 3.8) is 0 Å². The molecule has 0 fully saturated rings. The fraction of sp³-hybridized carbons (Fsp3) is 0.0476. The maximum atomic E-state index is 12.6. The summed E-state index contributed by atoms with van der Waals surface area (Å²) in [6.07, 6.45) is 1.90. The fourth-order valence-corrected chi connectivity index (χ4v) is 3.54. The predicted molar refractivity (Wildman–Crippen MR) is 109 cm³/mol. The molecule has 1 amide bonds. The lowest BCUT2D eigenvalue weighted by Crippen LogP contribution is -2.13. The number of thiophene rings is 1. The Morgan fingerprint density at radius 1 is 1.00 bits per heavy atom. The highest BCUT2D eigenvalue weighted by atomic mass is 32.1. The van der Waals surface area contributed by atoms with Gasteiger partial charge in [0.2, 0.25) is 17.5 Å². The van der Waals surface area contributed by atoms with Crippen molar-refractivity contribution in [1.82, 2.24) is 15.3 Å². The molecule has 0 spiro atoms. The van der Waals surface area contributed by atoms with E-state index in [4.69, 9.17) is 13.5 Å². The summed E-state index contributed by atoms with van der Waals surface area (Å²) in [6.45, 7) is 0. The lowest BCUT2D eigenvalue weighted by atomic mass is 10.1. The maximum absolute atomic E-state index is 12.6. The van der Waals surface area contributed by atoms with Gasteiger partial charge in [-0.25, -0.2) is 0 Å². The second-order valence-corrected chi connectivity index (χ2v) is 7.28. The normalized spacial score (nSPS) is 10.9. The van der Waals surface area contributed by atoms with Gasteiger partial charge in [-0.2, -0.15) is 4.98 Å². The van der Waals surface area contributed by atoms with Crippen LogP contribution in [0, 0.1) is 0 Å². The average molecular weight is 418 g/mol. The Bertz CT molecular complexity index is 1270. The molecule has 0 saturated heterocycles.